The van der Waals surface area contributed by atoms with E-state index in [-0.39, 0.29) is 23.5 Å². The second-order valence-electron chi connectivity index (χ2n) is 6.10. The summed E-state index contributed by atoms with van der Waals surface area (Å²) in [7, 11) is 0. The molecule has 3 heterocycles. The number of rotatable bonds is 3. The van der Waals surface area contributed by atoms with Crippen LogP contribution in [0.15, 0.2) is 74.8 Å². The van der Waals surface area contributed by atoms with Gasteiger partial charge < -0.3 is 8.83 Å². The van der Waals surface area contributed by atoms with Crippen LogP contribution in [0.1, 0.15) is 5.69 Å². The quantitative estimate of drug-likeness (QED) is 0.486. The molecule has 2 aromatic carbocycles. The van der Waals surface area contributed by atoms with Gasteiger partial charge in [-0.05, 0) is 36.4 Å². The molecule has 0 saturated carbocycles. The minimum Gasteiger partial charge on any atom is -0.448 e. The first-order valence-corrected chi connectivity index (χ1v) is 8.26. The van der Waals surface area contributed by atoms with Gasteiger partial charge in [0.1, 0.15) is 23.2 Å². The monoisotopic (exact) mass is 361 g/mol. The minimum atomic E-state index is -0.331. The van der Waals surface area contributed by atoms with Crippen LogP contribution in [0.2, 0.25) is 0 Å². The lowest BCUT2D eigenvalue weighted by Gasteiger charge is -2.01. The molecule has 0 spiro atoms. The number of hydrogen-bond acceptors (Lipinski definition) is 5. The second kappa shape index (κ2) is 5.91. The Kier molecular flexibility index (Phi) is 3.39. The maximum atomic E-state index is 13.0. The van der Waals surface area contributed by atoms with Crippen LogP contribution in [0, 0.1) is 5.82 Å². The van der Waals surface area contributed by atoms with Gasteiger partial charge in [-0.2, -0.15) is 0 Å². The molecular formula is C20H12FN3O3. The smallest absolute Gasteiger partial charge is 0.297 e. The molecule has 0 saturated heterocycles. The van der Waals surface area contributed by atoms with Crippen molar-refractivity contribution in [2.75, 3.05) is 0 Å². The predicted molar refractivity (Wildman–Crippen MR) is 96.8 cm³/mol. The van der Waals surface area contributed by atoms with Gasteiger partial charge in [-0.3, -0.25) is 9.36 Å². The van der Waals surface area contributed by atoms with E-state index in [0.29, 0.717) is 28.2 Å². The van der Waals surface area contributed by atoms with Crippen molar-refractivity contribution in [3.05, 3.63) is 83.0 Å². The maximum Gasteiger partial charge on any atom is 0.297 e. The lowest BCUT2D eigenvalue weighted by atomic mass is 10.2. The highest BCUT2D eigenvalue weighted by Gasteiger charge is 2.14. The Morgan fingerprint density at radius 2 is 1.89 bits per heavy atom. The fraction of sp³-hybridized carbons (Fsp3) is 0.0500. The fourth-order valence-electron chi connectivity index (χ4n) is 3.01. The largest absolute Gasteiger partial charge is 0.448 e. The second-order valence-corrected chi connectivity index (χ2v) is 6.10. The van der Waals surface area contributed by atoms with Crippen LogP contribution >= 0.6 is 0 Å². The SMILES string of the molecule is O=c1c2oc3ccccc3c2ncn1Cc1coc(-c2ccc(F)cc2)n1. The number of aromatic nitrogens is 3. The molecule has 0 aliphatic heterocycles. The summed E-state index contributed by atoms with van der Waals surface area (Å²) in [6, 6.07) is 13.2. The van der Waals surface area contributed by atoms with Crippen molar-refractivity contribution >= 4 is 22.1 Å². The Bertz CT molecular complexity index is 1330. The van der Waals surface area contributed by atoms with Gasteiger partial charge in [0.05, 0.1) is 18.6 Å². The van der Waals surface area contributed by atoms with Crippen molar-refractivity contribution in [2.45, 2.75) is 6.54 Å². The Morgan fingerprint density at radius 3 is 2.74 bits per heavy atom. The number of para-hydroxylation sites is 1. The Balaban J connectivity index is 1.51. The van der Waals surface area contributed by atoms with Crippen LogP contribution in [0.3, 0.4) is 0 Å². The summed E-state index contributed by atoms with van der Waals surface area (Å²) in [5.41, 5.74) is 2.28. The summed E-state index contributed by atoms with van der Waals surface area (Å²) in [5.74, 6) is 0.0260. The molecule has 132 valence electrons. The topological polar surface area (TPSA) is 74.1 Å². The van der Waals surface area contributed by atoms with E-state index in [0.717, 1.165) is 5.39 Å². The summed E-state index contributed by atoms with van der Waals surface area (Å²) < 4.78 is 25.6. The predicted octanol–water partition coefficient (Wildman–Crippen LogP) is 3.99. The van der Waals surface area contributed by atoms with Gasteiger partial charge in [0.25, 0.3) is 5.56 Å². The lowest BCUT2D eigenvalue weighted by Crippen LogP contribution is -2.20. The number of halogens is 1. The lowest BCUT2D eigenvalue weighted by molar-refractivity contribution is 0.570. The highest BCUT2D eigenvalue weighted by molar-refractivity contribution is 6.01. The van der Waals surface area contributed by atoms with E-state index in [1.807, 2.05) is 18.2 Å². The third kappa shape index (κ3) is 2.60. The van der Waals surface area contributed by atoms with Crippen LogP contribution < -0.4 is 5.56 Å². The zero-order chi connectivity index (χ0) is 18.4. The number of benzene rings is 2. The first-order valence-electron chi connectivity index (χ1n) is 8.26. The van der Waals surface area contributed by atoms with Crippen LogP contribution in [0.4, 0.5) is 4.39 Å². The average Bonchev–Trinajstić information content (AvgIpc) is 3.30. The summed E-state index contributed by atoms with van der Waals surface area (Å²) in [6.07, 6.45) is 2.94. The van der Waals surface area contributed by atoms with Crippen molar-refractivity contribution in [3.63, 3.8) is 0 Å². The maximum absolute atomic E-state index is 13.0. The molecule has 0 bridgehead atoms. The van der Waals surface area contributed by atoms with E-state index >= 15 is 0 Å². The van der Waals surface area contributed by atoms with E-state index in [1.54, 1.807) is 18.2 Å². The van der Waals surface area contributed by atoms with Gasteiger partial charge in [0.15, 0.2) is 0 Å². The fourth-order valence-corrected chi connectivity index (χ4v) is 3.01. The van der Waals surface area contributed by atoms with Crippen molar-refractivity contribution in [2.24, 2.45) is 0 Å². The van der Waals surface area contributed by atoms with Crippen LogP contribution in [-0.2, 0) is 6.54 Å². The first kappa shape index (κ1) is 15.5. The number of nitrogens with zero attached hydrogens (tertiary/aromatic N) is 3. The molecule has 5 rings (SSSR count). The zero-order valence-electron chi connectivity index (χ0n) is 13.9. The van der Waals surface area contributed by atoms with Crippen LogP contribution in [0.5, 0.6) is 0 Å². The van der Waals surface area contributed by atoms with Gasteiger partial charge in [0.2, 0.25) is 11.5 Å². The summed E-state index contributed by atoms with van der Waals surface area (Å²) in [5, 5.41) is 0.803. The molecule has 0 aliphatic rings. The van der Waals surface area contributed by atoms with Gasteiger partial charge in [-0.15, -0.1) is 0 Å². The highest BCUT2D eigenvalue weighted by Crippen LogP contribution is 2.24. The Hall–Kier alpha value is -3.74. The standard InChI is InChI=1S/C20H12FN3O3/c21-13-7-5-12(6-8-13)19-23-14(10-26-19)9-24-11-22-17-15-3-1-2-4-16(15)27-18(17)20(24)25/h1-8,10-11H,9H2. The first-order chi connectivity index (χ1) is 13.2. The molecule has 0 N–H and O–H groups in total. The molecule has 0 atom stereocenters. The Morgan fingerprint density at radius 1 is 1.07 bits per heavy atom. The van der Waals surface area contributed by atoms with Crippen molar-refractivity contribution in [1.82, 2.24) is 14.5 Å². The van der Waals surface area contributed by atoms with Gasteiger partial charge in [-0.1, -0.05) is 12.1 Å². The van der Waals surface area contributed by atoms with Gasteiger partial charge in [0, 0.05) is 10.9 Å². The third-order valence-electron chi connectivity index (χ3n) is 4.33. The highest BCUT2D eigenvalue weighted by atomic mass is 19.1. The third-order valence-corrected chi connectivity index (χ3v) is 4.33. The van der Waals surface area contributed by atoms with E-state index < -0.39 is 0 Å². The molecule has 0 amide bonds. The van der Waals surface area contributed by atoms with Crippen LogP contribution in [0.25, 0.3) is 33.5 Å². The molecular weight excluding hydrogens is 349 g/mol. The molecule has 27 heavy (non-hydrogen) atoms. The summed E-state index contributed by atoms with van der Waals surface area (Å²) in [6.45, 7) is 0.184. The van der Waals surface area contributed by atoms with Crippen molar-refractivity contribution in [1.29, 1.82) is 0 Å². The average molecular weight is 361 g/mol. The number of furan rings is 1. The Labute approximate surface area is 151 Å². The van der Waals surface area contributed by atoms with E-state index in [1.165, 1.54) is 29.3 Å². The molecule has 0 fully saturated rings. The van der Waals surface area contributed by atoms with E-state index in [4.69, 9.17) is 8.83 Å². The molecule has 0 aliphatic carbocycles. The van der Waals surface area contributed by atoms with Crippen molar-refractivity contribution < 1.29 is 13.2 Å². The van der Waals surface area contributed by atoms with E-state index in [2.05, 4.69) is 9.97 Å². The zero-order valence-corrected chi connectivity index (χ0v) is 13.9. The molecule has 7 heteroatoms. The number of hydrogen-bond donors (Lipinski definition) is 0. The molecule has 0 unspecified atom stereocenters. The molecule has 3 aromatic heterocycles. The van der Waals surface area contributed by atoms with Gasteiger partial charge >= 0.3 is 0 Å². The minimum absolute atomic E-state index is 0.184. The van der Waals surface area contributed by atoms with Crippen molar-refractivity contribution in [3.8, 4) is 11.5 Å². The summed E-state index contributed by atoms with van der Waals surface area (Å²) >= 11 is 0. The number of oxazole rings is 1. The van der Waals surface area contributed by atoms with Gasteiger partial charge in [-0.25, -0.2) is 14.4 Å². The van der Waals surface area contributed by atoms with Crippen LogP contribution in [-0.4, -0.2) is 14.5 Å². The molecule has 6 nitrogen and oxygen atoms in total. The van der Waals surface area contributed by atoms with E-state index in [9.17, 15) is 9.18 Å². The normalized spacial score (nSPS) is 11.4. The summed E-state index contributed by atoms with van der Waals surface area (Å²) in [4.78, 5) is 21.5. The molecule has 0 radical (unpaired) electrons. The molecule has 5 aromatic rings. The number of fused-ring (bicyclic) bond motifs is 3.